The molecule has 0 N–H and O–H groups in total. The Balaban J connectivity index is 1.11. The summed E-state index contributed by atoms with van der Waals surface area (Å²) < 4.78 is 0. The quantitative estimate of drug-likeness (QED) is 0.140. The number of hydrogen-bond acceptors (Lipinski definition) is 2. The molecule has 0 amide bonds. The smallest absolute Gasteiger partial charge is 0.0546 e. The fourth-order valence-electron chi connectivity index (χ4n) is 13.4. The normalized spacial score (nSPS) is 12.1. The lowest BCUT2D eigenvalue weighted by atomic mass is 9.82. The van der Waals surface area contributed by atoms with Crippen LogP contribution in [0.1, 0.15) is 22.3 Å². The van der Waals surface area contributed by atoms with Crippen LogP contribution in [0, 0.1) is 27.7 Å². The summed E-state index contributed by atoms with van der Waals surface area (Å²) in [6.07, 6.45) is 0. The van der Waals surface area contributed by atoms with E-state index in [9.17, 15) is 0 Å². The minimum atomic E-state index is 1.11. The molecular formula is C76H52N2. The fourth-order valence-corrected chi connectivity index (χ4v) is 13.4. The van der Waals surface area contributed by atoms with Crippen molar-refractivity contribution < 1.29 is 0 Å². The minimum absolute atomic E-state index is 1.11. The van der Waals surface area contributed by atoms with Crippen molar-refractivity contribution in [2.24, 2.45) is 0 Å². The molecule has 0 heterocycles. The summed E-state index contributed by atoms with van der Waals surface area (Å²) in [6.45, 7) is 8.70. The van der Waals surface area contributed by atoms with Crippen molar-refractivity contribution >= 4 is 131 Å². The molecule has 16 rings (SSSR count). The standard InChI is InChI=1S/C76H52N2/c1-45-14-28-55(29-15-45)77(56-30-16-46(2)17-31-56)69-43-67(59-36-26-53-25-23-49-8-5-9-51-27-37-61(59)74(53)71(49)51)62-38-40-65-70(78(57-32-18-47(3)19-33-57)58-34-20-48(4)21-35-58)44-68(63-39-41-64(69)75(62)76(63)65)66-42-54-12-6-10-50-22-24-52-11-7-13-60(66)73(52)72(50)54/h5-44H,1-4H3. The Kier molecular flexibility index (Phi) is 9.63. The highest BCUT2D eigenvalue weighted by Crippen LogP contribution is 2.54. The summed E-state index contributed by atoms with van der Waals surface area (Å²) in [4.78, 5) is 5.00. The molecule has 16 aromatic rings. The molecule has 0 saturated heterocycles. The van der Waals surface area contributed by atoms with E-state index in [0.29, 0.717) is 0 Å². The van der Waals surface area contributed by atoms with Crippen LogP contribution in [-0.2, 0) is 0 Å². The average Bonchev–Trinajstić information content (AvgIpc) is 3.59. The lowest BCUT2D eigenvalue weighted by molar-refractivity contribution is 1.28. The minimum Gasteiger partial charge on any atom is -0.310 e. The number of nitrogens with zero attached hydrogens (tertiary/aromatic N) is 2. The van der Waals surface area contributed by atoms with Gasteiger partial charge >= 0.3 is 0 Å². The van der Waals surface area contributed by atoms with Gasteiger partial charge in [-0.3, -0.25) is 0 Å². The highest BCUT2D eigenvalue weighted by atomic mass is 15.1. The summed E-state index contributed by atoms with van der Waals surface area (Å²) in [5.74, 6) is 0. The van der Waals surface area contributed by atoms with Gasteiger partial charge in [0.15, 0.2) is 0 Å². The number of anilines is 6. The van der Waals surface area contributed by atoms with Gasteiger partial charge in [0.05, 0.1) is 11.4 Å². The van der Waals surface area contributed by atoms with Gasteiger partial charge in [-0.15, -0.1) is 0 Å². The van der Waals surface area contributed by atoms with E-state index in [0.717, 1.165) is 34.1 Å². The predicted octanol–water partition coefficient (Wildman–Crippen LogP) is 21.9. The first-order valence-electron chi connectivity index (χ1n) is 27.3. The molecule has 0 spiro atoms. The Bertz CT molecular complexity index is 4920. The lowest BCUT2D eigenvalue weighted by Crippen LogP contribution is -2.12. The molecule has 0 aliphatic heterocycles. The summed E-state index contributed by atoms with van der Waals surface area (Å²) >= 11 is 0. The molecule has 16 aromatic carbocycles. The van der Waals surface area contributed by atoms with Gasteiger partial charge in [0.25, 0.3) is 0 Å². The predicted molar refractivity (Wildman–Crippen MR) is 337 cm³/mol. The van der Waals surface area contributed by atoms with Crippen LogP contribution in [0.3, 0.4) is 0 Å². The van der Waals surface area contributed by atoms with Crippen LogP contribution in [0.25, 0.3) is 119 Å². The summed E-state index contributed by atoms with van der Waals surface area (Å²) in [5.41, 5.74) is 16.5. The highest BCUT2D eigenvalue weighted by Gasteiger charge is 2.28. The average molecular weight is 993 g/mol. The van der Waals surface area contributed by atoms with Crippen molar-refractivity contribution in [2.75, 3.05) is 9.80 Å². The molecule has 0 aliphatic rings. The van der Waals surface area contributed by atoms with Gasteiger partial charge < -0.3 is 9.80 Å². The molecule has 0 saturated carbocycles. The van der Waals surface area contributed by atoms with Crippen LogP contribution >= 0.6 is 0 Å². The fraction of sp³-hybridized carbons (Fsp3) is 0.0526. The van der Waals surface area contributed by atoms with Crippen LogP contribution in [0.2, 0.25) is 0 Å². The maximum atomic E-state index is 2.51. The molecule has 78 heavy (non-hydrogen) atoms. The third-order valence-corrected chi connectivity index (χ3v) is 17.1. The van der Waals surface area contributed by atoms with Crippen molar-refractivity contribution in [1.29, 1.82) is 0 Å². The number of hydrogen-bond donors (Lipinski definition) is 0. The van der Waals surface area contributed by atoms with Crippen molar-refractivity contribution in [1.82, 2.24) is 0 Å². The van der Waals surface area contributed by atoms with Crippen LogP contribution in [0.5, 0.6) is 0 Å². The molecule has 0 aliphatic carbocycles. The van der Waals surface area contributed by atoms with Gasteiger partial charge in [0.2, 0.25) is 0 Å². The molecule has 2 nitrogen and oxygen atoms in total. The molecular weight excluding hydrogens is 941 g/mol. The topological polar surface area (TPSA) is 6.48 Å². The van der Waals surface area contributed by atoms with Crippen LogP contribution in [-0.4, -0.2) is 0 Å². The Morgan fingerprint density at radius 1 is 0.205 bits per heavy atom. The molecule has 0 unspecified atom stereocenters. The maximum Gasteiger partial charge on any atom is 0.0546 e. The Morgan fingerprint density at radius 2 is 0.500 bits per heavy atom. The van der Waals surface area contributed by atoms with E-state index in [1.165, 1.54) is 141 Å². The first-order valence-corrected chi connectivity index (χ1v) is 27.3. The number of rotatable bonds is 8. The van der Waals surface area contributed by atoms with E-state index in [-0.39, 0.29) is 0 Å². The van der Waals surface area contributed by atoms with Crippen LogP contribution in [0.4, 0.5) is 34.1 Å². The second-order valence-corrected chi connectivity index (χ2v) is 21.9. The van der Waals surface area contributed by atoms with Crippen LogP contribution < -0.4 is 9.80 Å². The highest BCUT2D eigenvalue weighted by molar-refractivity contribution is 6.35. The summed E-state index contributed by atoms with van der Waals surface area (Å²) in [6, 6.07) is 92.5. The summed E-state index contributed by atoms with van der Waals surface area (Å²) in [7, 11) is 0. The zero-order chi connectivity index (χ0) is 51.9. The van der Waals surface area contributed by atoms with E-state index < -0.39 is 0 Å². The lowest BCUT2D eigenvalue weighted by Gasteiger charge is -2.31. The maximum absolute atomic E-state index is 2.51. The Labute approximate surface area is 453 Å². The molecule has 0 fully saturated rings. The van der Waals surface area contributed by atoms with E-state index in [1.807, 2.05) is 0 Å². The third kappa shape index (κ3) is 6.63. The van der Waals surface area contributed by atoms with Crippen LogP contribution in [0.15, 0.2) is 243 Å². The molecule has 0 aromatic heterocycles. The second-order valence-electron chi connectivity index (χ2n) is 21.9. The Morgan fingerprint density at radius 3 is 0.962 bits per heavy atom. The number of benzene rings is 16. The molecule has 0 radical (unpaired) electrons. The van der Waals surface area contributed by atoms with Crippen molar-refractivity contribution in [3.63, 3.8) is 0 Å². The molecule has 0 bridgehead atoms. The third-order valence-electron chi connectivity index (χ3n) is 17.1. The van der Waals surface area contributed by atoms with Gasteiger partial charge in [-0.2, -0.15) is 0 Å². The zero-order valence-electron chi connectivity index (χ0n) is 44.0. The van der Waals surface area contributed by atoms with Gasteiger partial charge in [-0.1, -0.05) is 198 Å². The van der Waals surface area contributed by atoms with E-state index >= 15 is 0 Å². The van der Waals surface area contributed by atoms with Crippen molar-refractivity contribution in [3.8, 4) is 22.3 Å². The van der Waals surface area contributed by atoms with E-state index in [1.54, 1.807) is 0 Å². The first kappa shape index (κ1) is 44.5. The molecule has 366 valence electrons. The second kappa shape index (κ2) is 16.9. The van der Waals surface area contributed by atoms with E-state index in [2.05, 4.69) is 280 Å². The van der Waals surface area contributed by atoms with Gasteiger partial charge in [0.1, 0.15) is 0 Å². The zero-order valence-corrected chi connectivity index (χ0v) is 44.0. The van der Waals surface area contributed by atoms with Gasteiger partial charge in [-0.05, 0) is 192 Å². The van der Waals surface area contributed by atoms with Crippen molar-refractivity contribution in [3.05, 3.63) is 265 Å². The summed E-state index contributed by atoms with van der Waals surface area (Å²) in [5, 5.41) is 22.7. The number of aryl methyl sites for hydroxylation is 4. The molecule has 2 heteroatoms. The van der Waals surface area contributed by atoms with Gasteiger partial charge in [-0.25, -0.2) is 0 Å². The SMILES string of the molecule is Cc1ccc(N(c2ccc(C)cc2)c2cc(-c3ccc4ccc5cccc6ccc3c4c56)c3ccc4c(N(c5ccc(C)cc5)c5ccc(C)cc5)cc(-c5cc6cccc7ccc8cccc5c8c76)c5ccc2c3c54)cc1. The van der Waals surface area contributed by atoms with Gasteiger partial charge in [0, 0.05) is 44.3 Å². The first-order chi connectivity index (χ1) is 38.3. The largest absolute Gasteiger partial charge is 0.310 e. The Hall–Kier alpha value is -9.76. The molecule has 0 atom stereocenters. The van der Waals surface area contributed by atoms with E-state index in [4.69, 9.17) is 0 Å². The monoisotopic (exact) mass is 992 g/mol. The van der Waals surface area contributed by atoms with Crippen molar-refractivity contribution in [2.45, 2.75) is 27.7 Å².